The molecule has 0 fully saturated rings. The van der Waals surface area contributed by atoms with Crippen molar-refractivity contribution in [1.82, 2.24) is 9.97 Å². The van der Waals surface area contributed by atoms with E-state index in [0.29, 0.717) is 22.8 Å². The lowest BCUT2D eigenvalue weighted by molar-refractivity contribution is 0.104. The summed E-state index contributed by atoms with van der Waals surface area (Å²) >= 11 is 0. The number of hydrogen-bond donors (Lipinski definition) is 1. The summed E-state index contributed by atoms with van der Waals surface area (Å²) in [7, 11) is 0. The van der Waals surface area contributed by atoms with Crippen molar-refractivity contribution in [3.63, 3.8) is 0 Å². The van der Waals surface area contributed by atoms with E-state index in [2.05, 4.69) is 15.0 Å². The fraction of sp³-hybridized carbons (Fsp3) is 0.176. The summed E-state index contributed by atoms with van der Waals surface area (Å²) in [6.45, 7) is 5.39. The lowest BCUT2D eigenvalue weighted by Gasteiger charge is -2.02. The zero-order valence-corrected chi connectivity index (χ0v) is 12.6. The summed E-state index contributed by atoms with van der Waals surface area (Å²) in [6, 6.07) is 8.82. The number of carbonyl (C=O) groups is 1. The number of ketones is 1. The number of rotatable bonds is 2. The Morgan fingerprint density at radius 2 is 1.68 bits per heavy atom. The molecular weight excluding hydrogens is 278 g/mol. The first-order valence-electron chi connectivity index (χ1n) is 6.92. The molecule has 3 rings (SSSR count). The highest BCUT2D eigenvalue weighted by molar-refractivity contribution is 6.35. The van der Waals surface area contributed by atoms with Gasteiger partial charge in [0.2, 0.25) is 5.95 Å². The molecule has 0 spiro atoms. The summed E-state index contributed by atoms with van der Waals surface area (Å²) in [4.78, 5) is 25.2. The van der Waals surface area contributed by atoms with Gasteiger partial charge in [-0.3, -0.25) is 4.79 Å². The molecule has 110 valence electrons. The van der Waals surface area contributed by atoms with Gasteiger partial charge in [-0.2, -0.15) is 0 Å². The third-order valence-corrected chi connectivity index (χ3v) is 3.49. The third-order valence-electron chi connectivity index (χ3n) is 3.49. The van der Waals surface area contributed by atoms with Crippen molar-refractivity contribution in [1.29, 1.82) is 0 Å². The fourth-order valence-electron chi connectivity index (χ4n) is 2.56. The third kappa shape index (κ3) is 2.30. The standard InChI is InChI=1S/C17H15N3O2/c1-9-8-10(2)19-17(18-9)20-11(3)14-15(21)12-6-4-5-7-13(12)16(14)22/h4-8,21H,1-3H3/b20-11-. The molecule has 0 aliphatic heterocycles. The van der Waals surface area contributed by atoms with Crippen LogP contribution in [0.2, 0.25) is 0 Å². The van der Waals surface area contributed by atoms with E-state index in [4.69, 9.17) is 0 Å². The van der Waals surface area contributed by atoms with Crippen molar-refractivity contribution >= 4 is 23.2 Å². The zero-order chi connectivity index (χ0) is 15.9. The first-order valence-corrected chi connectivity index (χ1v) is 6.92. The van der Waals surface area contributed by atoms with Crippen LogP contribution in [0.5, 0.6) is 0 Å². The average molecular weight is 293 g/mol. The van der Waals surface area contributed by atoms with Gasteiger partial charge in [0.1, 0.15) is 5.76 Å². The molecule has 5 heteroatoms. The van der Waals surface area contributed by atoms with Crippen molar-refractivity contribution < 1.29 is 9.90 Å². The molecule has 5 nitrogen and oxygen atoms in total. The van der Waals surface area contributed by atoms with E-state index in [9.17, 15) is 9.90 Å². The highest BCUT2D eigenvalue weighted by Gasteiger charge is 2.31. The number of Topliss-reactive ketones (excluding diaryl/α,β-unsaturated/α-hetero) is 1. The molecule has 0 saturated carbocycles. The number of allylic oxidation sites excluding steroid dienone is 1. The second-order valence-electron chi connectivity index (χ2n) is 5.25. The lowest BCUT2D eigenvalue weighted by atomic mass is 10.1. The number of aromatic nitrogens is 2. The first-order chi connectivity index (χ1) is 10.5. The Labute approximate surface area is 128 Å². The summed E-state index contributed by atoms with van der Waals surface area (Å²) in [5.74, 6) is 0.0315. The highest BCUT2D eigenvalue weighted by Crippen LogP contribution is 2.31. The Morgan fingerprint density at radius 3 is 2.27 bits per heavy atom. The van der Waals surface area contributed by atoms with Gasteiger partial charge in [0, 0.05) is 22.5 Å². The molecule has 1 aromatic carbocycles. The predicted molar refractivity (Wildman–Crippen MR) is 84.6 cm³/mol. The Morgan fingerprint density at radius 1 is 1.09 bits per heavy atom. The van der Waals surface area contributed by atoms with E-state index < -0.39 is 0 Å². The topological polar surface area (TPSA) is 75.4 Å². The Balaban J connectivity index is 2.06. The molecular formula is C17H15N3O2. The van der Waals surface area contributed by atoms with Crippen molar-refractivity contribution in [2.24, 2.45) is 4.99 Å². The maximum Gasteiger partial charge on any atom is 0.250 e. The van der Waals surface area contributed by atoms with Crippen molar-refractivity contribution in [3.8, 4) is 0 Å². The molecule has 1 aromatic heterocycles. The minimum atomic E-state index is -0.223. The number of benzene rings is 1. The van der Waals surface area contributed by atoms with Gasteiger partial charge in [0.15, 0.2) is 5.78 Å². The van der Waals surface area contributed by atoms with Gasteiger partial charge in [0.05, 0.1) is 11.3 Å². The quantitative estimate of drug-likeness (QED) is 0.861. The molecule has 1 heterocycles. The van der Waals surface area contributed by atoms with Crippen molar-refractivity contribution in [2.75, 3.05) is 0 Å². The number of nitrogens with zero attached hydrogens (tertiary/aromatic N) is 3. The first kappa shape index (κ1) is 14.1. The molecule has 0 atom stereocenters. The van der Waals surface area contributed by atoms with Gasteiger partial charge in [0.25, 0.3) is 0 Å². The molecule has 0 amide bonds. The minimum absolute atomic E-state index is 0.0359. The molecule has 1 aliphatic carbocycles. The van der Waals surface area contributed by atoms with Gasteiger partial charge >= 0.3 is 0 Å². The van der Waals surface area contributed by atoms with Crippen LogP contribution in [0, 0.1) is 13.8 Å². The zero-order valence-electron chi connectivity index (χ0n) is 12.6. The predicted octanol–water partition coefficient (Wildman–Crippen LogP) is 3.35. The summed E-state index contributed by atoms with van der Waals surface area (Å²) < 4.78 is 0. The SMILES string of the molecule is C/C(=N/c1nc(C)cc(C)n1)C1=C(O)c2ccccc2C1=O. The number of hydrogen-bond acceptors (Lipinski definition) is 5. The lowest BCUT2D eigenvalue weighted by Crippen LogP contribution is -2.07. The van der Waals surface area contributed by atoms with Gasteiger partial charge in [-0.1, -0.05) is 24.3 Å². The Kier molecular flexibility index (Phi) is 3.33. The maximum absolute atomic E-state index is 12.4. The largest absolute Gasteiger partial charge is 0.506 e. The van der Waals surface area contributed by atoms with E-state index in [-0.39, 0.29) is 17.1 Å². The van der Waals surface area contributed by atoms with Crippen LogP contribution in [0.4, 0.5) is 5.95 Å². The van der Waals surface area contributed by atoms with E-state index >= 15 is 0 Å². The number of fused-ring (bicyclic) bond motifs is 1. The number of aliphatic hydroxyl groups excluding tert-OH is 1. The van der Waals surface area contributed by atoms with Crippen LogP contribution >= 0.6 is 0 Å². The average Bonchev–Trinajstić information content (AvgIpc) is 2.70. The van der Waals surface area contributed by atoms with Crippen LogP contribution in [-0.2, 0) is 0 Å². The molecule has 22 heavy (non-hydrogen) atoms. The van der Waals surface area contributed by atoms with E-state index in [1.807, 2.05) is 19.9 Å². The highest BCUT2D eigenvalue weighted by atomic mass is 16.3. The van der Waals surface area contributed by atoms with E-state index in [1.165, 1.54) is 0 Å². The molecule has 1 aliphatic rings. The van der Waals surface area contributed by atoms with E-state index in [1.54, 1.807) is 31.2 Å². The second kappa shape index (κ2) is 5.18. The van der Waals surface area contributed by atoms with Crippen molar-refractivity contribution in [3.05, 3.63) is 58.4 Å². The number of aliphatic imine (C=N–C) groups is 1. The minimum Gasteiger partial charge on any atom is -0.506 e. The molecule has 2 aromatic rings. The molecule has 0 bridgehead atoms. The Hall–Kier alpha value is -2.82. The summed E-state index contributed by atoms with van der Waals surface area (Å²) in [5, 5.41) is 10.3. The number of aliphatic hydroxyl groups is 1. The van der Waals surface area contributed by atoms with Crippen LogP contribution in [0.3, 0.4) is 0 Å². The van der Waals surface area contributed by atoms with Gasteiger partial charge in [-0.05, 0) is 26.8 Å². The van der Waals surface area contributed by atoms with Crippen molar-refractivity contribution in [2.45, 2.75) is 20.8 Å². The molecule has 0 saturated heterocycles. The molecule has 1 N–H and O–H groups in total. The summed E-state index contributed by atoms with van der Waals surface area (Å²) in [5.41, 5.74) is 3.26. The second-order valence-corrected chi connectivity index (χ2v) is 5.25. The normalized spacial score (nSPS) is 14.5. The fourth-order valence-corrected chi connectivity index (χ4v) is 2.56. The van der Waals surface area contributed by atoms with Crippen LogP contribution in [-0.4, -0.2) is 26.6 Å². The summed E-state index contributed by atoms with van der Waals surface area (Å²) in [6.07, 6.45) is 0. The molecule has 0 radical (unpaired) electrons. The van der Waals surface area contributed by atoms with Crippen LogP contribution in [0.15, 0.2) is 40.9 Å². The van der Waals surface area contributed by atoms with Crippen LogP contribution in [0.25, 0.3) is 5.76 Å². The van der Waals surface area contributed by atoms with Gasteiger partial charge < -0.3 is 5.11 Å². The smallest absolute Gasteiger partial charge is 0.250 e. The molecule has 0 unspecified atom stereocenters. The number of carbonyl (C=O) groups excluding carboxylic acids is 1. The van der Waals surface area contributed by atoms with Gasteiger partial charge in [-0.15, -0.1) is 0 Å². The van der Waals surface area contributed by atoms with Crippen LogP contribution in [0.1, 0.15) is 34.2 Å². The van der Waals surface area contributed by atoms with Gasteiger partial charge in [-0.25, -0.2) is 15.0 Å². The monoisotopic (exact) mass is 293 g/mol. The number of aryl methyl sites for hydroxylation is 2. The van der Waals surface area contributed by atoms with Crippen LogP contribution < -0.4 is 0 Å². The van der Waals surface area contributed by atoms with E-state index in [0.717, 1.165) is 11.4 Å². The maximum atomic E-state index is 12.4. The Bertz CT molecular complexity index is 830.